The molecule has 226 valence electrons. The Morgan fingerprint density at radius 2 is 1.62 bits per heavy atom. The van der Waals surface area contributed by atoms with E-state index in [4.69, 9.17) is 16.3 Å². The molecule has 0 aliphatic carbocycles. The van der Waals surface area contributed by atoms with Gasteiger partial charge < -0.3 is 15.0 Å². The van der Waals surface area contributed by atoms with Gasteiger partial charge in [-0.1, -0.05) is 85.6 Å². The number of methoxy groups -OCH3 is 1. The number of unbranched alkanes of at least 4 members (excludes halogenated alkanes) is 1. The van der Waals surface area contributed by atoms with Crippen molar-refractivity contribution < 1.29 is 22.7 Å². The smallest absolute Gasteiger partial charge is 0.243 e. The number of nitrogens with one attached hydrogen (secondary N) is 1. The monoisotopic (exact) mass is 613 g/mol. The van der Waals surface area contributed by atoms with Crippen LogP contribution >= 0.6 is 11.6 Å². The number of hydrogen-bond acceptors (Lipinski definition) is 5. The summed E-state index contributed by atoms with van der Waals surface area (Å²) in [7, 11) is -2.18. The second-order valence-electron chi connectivity index (χ2n) is 10.1. The van der Waals surface area contributed by atoms with Crippen LogP contribution in [0.2, 0.25) is 5.02 Å². The molecule has 0 aliphatic rings. The van der Waals surface area contributed by atoms with Crippen LogP contribution in [0.3, 0.4) is 0 Å². The molecule has 0 saturated carbocycles. The van der Waals surface area contributed by atoms with Crippen molar-refractivity contribution in [3.8, 4) is 5.75 Å². The fourth-order valence-corrected chi connectivity index (χ4v) is 5.85. The van der Waals surface area contributed by atoms with Gasteiger partial charge in [0.15, 0.2) is 0 Å². The van der Waals surface area contributed by atoms with E-state index in [0.717, 1.165) is 30.2 Å². The van der Waals surface area contributed by atoms with Crippen LogP contribution < -0.4 is 14.4 Å². The summed E-state index contributed by atoms with van der Waals surface area (Å²) < 4.78 is 32.1. The molecular formula is C32H40ClN3O5S. The summed E-state index contributed by atoms with van der Waals surface area (Å²) in [5.74, 6) is -0.0873. The van der Waals surface area contributed by atoms with Crippen molar-refractivity contribution in [3.05, 3.63) is 95.0 Å². The second kappa shape index (κ2) is 16.2. The molecule has 0 aliphatic heterocycles. The van der Waals surface area contributed by atoms with Crippen molar-refractivity contribution in [1.29, 1.82) is 0 Å². The average Bonchev–Trinajstić information content (AvgIpc) is 2.98. The maximum Gasteiger partial charge on any atom is 0.243 e. The van der Waals surface area contributed by atoms with Crippen LogP contribution in [0.15, 0.2) is 78.9 Å². The zero-order valence-electron chi connectivity index (χ0n) is 24.5. The van der Waals surface area contributed by atoms with Gasteiger partial charge in [0.2, 0.25) is 21.8 Å². The molecule has 3 rings (SSSR count). The minimum Gasteiger partial charge on any atom is -0.495 e. The normalized spacial score (nSPS) is 11.9. The Labute approximate surface area is 254 Å². The van der Waals surface area contributed by atoms with E-state index in [2.05, 4.69) is 5.32 Å². The predicted octanol–water partition coefficient (Wildman–Crippen LogP) is 5.45. The van der Waals surface area contributed by atoms with E-state index in [1.54, 1.807) is 35.2 Å². The van der Waals surface area contributed by atoms with E-state index in [9.17, 15) is 18.0 Å². The van der Waals surface area contributed by atoms with Crippen LogP contribution in [0, 0.1) is 0 Å². The molecule has 0 spiro atoms. The number of sulfonamides is 1. The number of halogens is 1. The van der Waals surface area contributed by atoms with Crippen molar-refractivity contribution in [2.75, 3.05) is 30.8 Å². The van der Waals surface area contributed by atoms with Crippen molar-refractivity contribution in [1.82, 2.24) is 10.2 Å². The number of carbonyl (C=O) groups excluding carboxylic acids is 2. The van der Waals surface area contributed by atoms with Gasteiger partial charge in [-0.3, -0.25) is 13.9 Å². The lowest BCUT2D eigenvalue weighted by atomic mass is 10.0. The van der Waals surface area contributed by atoms with Gasteiger partial charge in [-0.05, 0) is 42.2 Å². The molecule has 0 saturated heterocycles. The maximum atomic E-state index is 13.9. The van der Waals surface area contributed by atoms with Gasteiger partial charge in [0.05, 0.1) is 19.1 Å². The highest BCUT2D eigenvalue weighted by Gasteiger charge is 2.31. The predicted molar refractivity (Wildman–Crippen MR) is 168 cm³/mol. The number of para-hydroxylation sites is 2. The number of rotatable bonds is 16. The van der Waals surface area contributed by atoms with Crippen LogP contribution in [0.4, 0.5) is 5.69 Å². The number of anilines is 1. The average molecular weight is 614 g/mol. The molecule has 3 aromatic rings. The highest BCUT2D eigenvalue weighted by Crippen LogP contribution is 2.30. The van der Waals surface area contributed by atoms with Crippen molar-refractivity contribution in [2.24, 2.45) is 0 Å². The molecule has 0 aromatic heterocycles. The van der Waals surface area contributed by atoms with Crippen LogP contribution in [0.5, 0.6) is 5.75 Å². The summed E-state index contributed by atoms with van der Waals surface area (Å²) in [5, 5.41) is 3.50. The van der Waals surface area contributed by atoms with E-state index in [0.29, 0.717) is 29.4 Å². The molecule has 2 amide bonds. The Balaban J connectivity index is 1.89. The number of amides is 2. The molecule has 0 bridgehead atoms. The lowest BCUT2D eigenvalue weighted by Gasteiger charge is -2.32. The molecule has 42 heavy (non-hydrogen) atoms. The second-order valence-corrected chi connectivity index (χ2v) is 12.4. The summed E-state index contributed by atoms with van der Waals surface area (Å²) in [6.45, 7) is 2.76. The fraction of sp³-hybridized carbons (Fsp3) is 0.375. The molecule has 0 fully saturated rings. The van der Waals surface area contributed by atoms with E-state index in [1.807, 2.05) is 55.5 Å². The number of nitrogens with zero attached hydrogens (tertiary/aromatic N) is 2. The van der Waals surface area contributed by atoms with E-state index in [1.165, 1.54) is 11.4 Å². The molecule has 1 unspecified atom stereocenters. The zero-order valence-corrected chi connectivity index (χ0v) is 26.0. The van der Waals surface area contributed by atoms with Crippen molar-refractivity contribution in [3.63, 3.8) is 0 Å². The minimum atomic E-state index is -3.66. The number of ether oxygens (including phenoxy) is 1. The lowest BCUT2D eigenvalue weighted by molar-refractivity contribution is -0.141. The topological polar surface area (TPSA) is 96.0 Å². The quantitative estimate of drug-likeness (QED) is 0.217. The first-order valence-corrected chi connectivity index (χ1v) is 16.3. The molecule has 1 atom stereocenters. The van der Waals surface area contributed by atoms with Crippen LogP contribution in [-0.2, 0) is 32.6 Å². The molecule has 8 nitrogen and oxygen atoms in total. The van der Waals surface area contributed by atoms with Gasteiger partial charge in [0.1, 0.15) is 11.8 Å². The number of carbonyl (C=O) groups is 2. The standard InChI is InChI=1S/C32H40ClN3O5S/c1-4-5-21-34-32(38)29(23-25-14-7-6-8-15-25)35(24-26-16-9-10-17-27(26)33)31(37)20-13-22-36(42(3,39)40)28-18-11-12-19-30(28)41-2/h6-12,14-19,29H,4-5,13,20-24H2,1-3H3,(H,34,38). The summed E-state index contributed by atoms with van der Waals surface area (Å²) in [6, 6.07) is 22.9. The van der Waals surface area contributed by atoms with Crippen LogP contribution in [-0.4, -0.2) is 57.6 Å². The fourth-order valence-electron chi connectivity index (χ4n) is 4.69. The van der Waals surface area contributed by atoms with Crippen LogP contribution in [0.25, 0.3) is 0 Å². The zero-order chi connectivity index (χ0) is 30.5. The first kappa shape index (κ1) is 32.9. The van der Waals surface area contributed by atoms with Gasteiger partial charge in [0.25, 0.3) is 0 Å². The molecule has 0 radical (unpaired) electrons. The summed E-state index contributed by atoms with van der Waals surface area (Å²) in [5.41, 5.74) is 2.04. The Kier molecular flexibility index (Phi) is 12.7. The van der Waals surface area contributed by atoms with Crippen molar-refractivity contribution in [2.45, 2.75) is 51.6 Å². The minimum absolute atomic E-state index is 0.0269. The highest BCUT2D eigenvalue weighted by molar-refractivity contribution is 7.92. The third-order valence-electron chi connectivity index (χ3n) is 6.91. The lowest BCUT2D eigenvalue weighted by Crippen LogP contribution is -2.50. The Morgan fingerprint density at radius 3 is 2.29 bits per heavy atom. The Bertz CT molecular complexity index is 1420. The SMILES string of the molecule is CCCCNC(=O)C(Cc1ccccc1)N(Cc1ccccc1Cl)C(=O)CCCN(c1ccccc1OC)S(C)(=O)=O. The van der Waals surface area contributed by atoms with Gasteiger partial charge >= 0.3 is 0 Å². The molecule has 10 heteroatoms. The molecule has 3 aromatic carbocycles. The highest BCUT2D eigenvalue weighted by atomic mass is 35.5. The third-order valence-corrected chi connectivity index (χ3v) is 8.45. The first-order chi connectivity index (χ1) is 20.2. The van der Waals surface area contributed by atoms with E-state index >= 15 is 0 Å². The van der Waals surface area contributed by atoms with Crippen molar-refractivity contribution >= 4 is 39.1 Å². The van der Waals surface area contributed by atoms with Gasteiger partial charge in [-0.25, -0.2) is 8.42 Å². The Morgan fingerprint density at radius 1 is 0.952 bits per heavy atom. The Hall–Kier alpha value is -3.56. The van der Waals surface area contributed by atoms with E-state index < -0.39 is 16.1 Å². The number of benzene rings is 3. The van der Waals surface area contributed by atoms with Crippen LogP contribution in [0.1, 0.15) is 43.7 Å². The third kappa shape index (κ3) is 9.49. The first-order valence-electron chi connectivity index (χ1n) is 14.1. The molecular weight excluding hydrogens is 574 g/mol. The molecule has 1 N–H and O–H groups in total. The maximum absolute atomic E-state index is 13.9. The largest absolute Gasteiger partial charge is 0.495 e. The van der Waals surface area contributed by atoms with Gasteiger partial charge in [0, 0.05) is 37.5 Å². The summed E-state index contributed by atoms with van der Waals surface area (Å²) >= 11 is 6.49. The van der Waals surface area contributed by atoms with E-state index in [-0.39, 0.29) is 37.7 Å². The molecule has 0 heterocycles. The number of hydrogen-bond donors (Lipinski definition) is 1. The summed E-state index contributed by atoms with van der Waals surface area (Å²) in [4.78, 5) is 29.1. The summed E-state index contributed by atoms with van der Waals surface area (Å²) in [6.07, 6.45) is 3.46. The van der Waals surface area contributed by atoms with Gasteiger partial charge in [-0.15, -0.1) is 0 Å². The van der Waals surface area contributed by atoms with Gasteiger partial charge in [-0.2, -0.15) is 0 Å².